The van der Waals surface area contributed by atoms with E-state index in [1.54, 1.807) is 0 Å². The lowest BCUT2D eigenvalue weighted by Crippen LogP contribution is -2.38. The van der Waals surface area contributed by atoms with Crippen molar-refractivity contribution in [3.63, 3.8) is 0 Å². The molecule has 0 heterocycles. The molecule has 1 aromatic carbocycles. The van der Waals surface area contributed by atoms with Gasteiger partial charge in [-0.05, 0) is 51.3 Å². The van der Waals surface area contributed by atoms with Crippen molar-refractivity contribution in [2.45, 2.75) is 12.6 Å². The van der Waals surface area contributed by atoms with Crippen LogP contribution >= 0.6 is 0 Å². The van der Waals surface area contributed by atoms with E-state index in [2.05, 4.69) is 5.32 Å². The smallest absolute Gasteiger partial charge is 0.325 e. The highest BCUT2D eigenvalue weighted by Crippen LogP contribution is 2.29. The molecule has 0 unspecified atom stereocenters. The van der Waals surface area contributed by atoms with E-state index in [4.69, 9.17) is 0 Å². The van der Waals surface area contributed by atoms with Crippen LogP contribution in [-0.4, -0.2) is 63.5 Å². The second-order valence-electron chi connectivity index (χ2n) is 5.88. The van der Waals surface area contributed by atoms with Gasteiger partial charge in [0, 0.05) is 12.2 Å². The first kappa shape index (κ1) is 21.4. The first-order chi connectivity index (χ1) is 11.4. The summed E-state index contributed by atoms with van der Waals surface area (Å²) in [5, 5.41) is 2.40. The number of hydrogen-bond acceptors (Lipinski definition) is 4. The van der Waals surface area contributed by atoms with Crippen molar-refractivity contribution in [1.82, 2.24) is 9.21 Å². The molecule has 0 saturated carbocycles. The minimum atomic E-state index is -4.46. The maximum absolute atomic E-state index is 12.5. The van der Waals surface area contributed by atoms with Crippen molar-refractivity contribution in [1.29, 1.82) is 0 Å². The van der Waals surface area contributed by atoms with Gasteiger partial charge in [0.05, 0.1) is 18.4 Å². The van der Waals surface area contributed by atoms with Crippen molar-refractivity contribution in [2.75, 3.05) is 45.3 Å². The minimum absolute atomic E-state index is 0.166. The molecule has 0 fully saturated rings. The molecule has 25 heavy (non-hydrogen) atoms. The average molecular weight is 381 g/mol. The Balaban J connectivity index is 2.68. The fraction of sp³-hybridized carbons (Fsp3) is 0.533. The third-order valence-corrected chi connectivity index (χ3v) is 4.55. The van der Waals surface area contributed by atoms with Crippen LogP contribution in [0.1, 0.15) is 12.0 Å². The summed E-state index contributed by atoms with van der Waals surface area (Å²) in [6, 6.07) is 3.94. The Hall–Kier alpha value is -1.65. The van der Waals surface area contributed by atoms with E-state index in [-0.39, 0.29) is 12.2 Å². The first-order valence-corrected chi connectivity index (χ1v) is 9.31. The van der Waals surface area contributed by atoms with E-state index >= 15 is 0 Å². The largest absolute Gasteiger partial charge is 0.416 e. The highest BCUT2D eigenvalue weighted by Gasteiger charge is 2.30. The van der Waals surface area contributed by atoms with Gasteiger partial charge in [-0.3, -0.25) is 4.79 Å². The summed E-state index contributed by atoms with van der Waals surface area (Å²) >= 11 is 0. The Bertz CT molecular complexity index is 674. The van der Waals surface area contributed by atoms with E-state index in [0.29, 0.717) is 13.0 Å². The van der Waals surface area contributed by atoms with Crippen molar-refractivity contribution in [2.24, 2.45) is 0 Å². The number of alkyl halides is 3. The lowest BCUT2D eigenvalue weighted by molar-refractivity contribution is -0.137. The average Bonchev–Trinajstić information content (AvgIpc) is 2.44. The van der Waals surface area contributed by atoms with Crippen LogP contribution in [0.25, 0.3) is 0 Å². The minimum Gasteiger partial charge on any atom is -0.325 e. The molecule has 1 rings (SSSR count). The van der Waals surface area contributed by atoms with Crippen molar-refractivity contribution >= 4 is 21.6 Å². The molecule has 1 N–H and O–H groups in total. The summed E-state index contributed by atoms with van der Waals surface area (Å²) in [6.07, 6.45) is -2.90. The van der Waals surface area contributed by atoms with Gasteiger partial charge >= 0.3 is 6.18 Å². The SMILES string of the molecule is CN(C)CCCN(CC(=O)Nc1ccc(C(F)(F)F)cc1)S(C)(=O)=O. The Morgan fingerprint density at radius 1 is 1.12 bits per heavy atom. The Morgan fingerprint density at radius 2 is 1.68 bits per heavy atom. The van der Waals surface area contributed by atoms with Crippen LogP contribution in [0.2, 0.25) is 0 Å². The molecule has 0 aliphatic carbocycles. The zero-order valence-electron chi connectivity index (χ0n) is 14.3. The highest BCUT2D eigenvalue weighted by atomic mass is 32.2. The number of amides is 1. The predicted molar refractivity (Wildman–Crippen MR) is 89.7 cm³/mol. The molecule has 10 heteroatoms. The molecule has 0 aliphatic heterocycles. The van der Waals surface area contributed by atoms with Gasteiger partial charge in [-0.25, -0.2) is 8.42 Å². The highest BCUT2D eigenvalue weighted by molar-refractivity contribution is 7.88. The standard InChI is InChI=1S/C15H22F3N3O3S/c1-20(2)9-4-10-21(25(3,23)24)11-14(22)19-13-7-5-12(6-8-13)15(16,17)18/h5-8H,4,9-11H2,1-3H3,(H,19,22). The molecule has 6 nitrogen and oxygen atoms in total. The Labute approximate surface area is 145 Å². The van der Waals surface area contributed by atoms with Crippen LogP contribution in [0.15, 0.2) is 24.3 Å². The number of nitrogens with one attached hydrogen (secondary N) is 1. The van der Waals surface area contributed by atoms with Gasteiger partial charge in [0.25, 0.3) is 0 Å². The van der Waals surface area contributed by atoms with Crippen LogP contribution in [0.5, 0.6) is 0 Å². The van der Waals surface area contributed by atoms with Crippen LogP contribution in [0, 0.1) is 0 Å². The molecule has 0 aromatic heterocycles. The number of nitrogens with zero attached hydrogens (tertiary/aromatic N) is 2. The molecule has 0 bridgehead atoms. The molecule has 0 radical (unpaired) electrons. The fourth-order valence-electron chi connectivity index (χ4n) is 2.03. The number of anilines is 1. The maximum Gasteiger partial charge on any atom is 0.416 e. The van der Waals surface area contributed by atoms with Gasteiger partial charge in [-0.15, -0.1) is 0 Å². The summed E-state index contributed by atoms with van der Waals surface area (Å²) in [6.45, 7) is 0.442. The molecule has 0 aliphatic rings. The zero-order chi connectivity index (χ0) is 19.3. The number of rotatable bonds is 8. The summed E-state index contributed by atoms with van der Waals surface area (Å²) in [4.78, 5) is 13.9. The molecular formula is C15H22F3N3O3S. The normalized spacial score (nSPS) is 12.6. The van der Waals surface area contributed by atoms with E-state index in [1.807, 2.05) is 19.0 Å². The molecule has 142 valence electrons. The maximum atomic E-state index is 12.5. The summed E-state index contributed by atoms with van der Waals surface area (Å²) < 4.78 is 62.0. The molecule has 0 spiro atoms. The predicted octanol–water partition coefficient (Wildman–Crippen LogP) is 1.86. The van der Waals surface area contributed by atoms with Crippen molar-refractivity contribution in [3.8, 4) is 0 Å². The number of benzene rings is 1. The van der Waals surface area contributed by atoms with Gasteiger partial charge < -0.3 is 10.2 Å². The van der Waals surface area contributed by atoms with Crippen LogP contribution in [0.3, 0.4) is 0 Å². The van der Waals surface area contributed by atoms with Crippen LogP contribution < -0.4 is 5.32 Å². The summed E-state index contributed by atoms with van der Waals surface area (Å²) in [5.41, 5.74) is -0.660. The van der Waals surface area contributed by atoms with E-state index in [1.165, 1.54) is 0 Å². The van der Waals surface area contributed by atoms with Gasteiger partial charge in [-0.2, -0.15) is 17.5 Å². The second kappa shape index (κ2) is 8.63. The third-order valence-electron chi connectivity index (χ3n) is 3.30. The zero-order valence-corrected chi connectivity index (χ0v) is 15.1. The third kappa shape index (κ3) is 7.84. The molecule has 1 aromatic rings. The Morgan fingerprint density at radius 3 is 2.12 bits per heavy atom. The topological polar surface area (TPSA) is 69.7 Å². The monoisotopic (exact) mass is 381 g/mol. The number of carbonyl (C=O) groups is 1. The van der Waals surface area contributed by atoms with Crippen LogP contribution in [-0.2, 0) is 21.0 Å². The van der Waals surface area contributed by atoms with Gasteiger partial charge in [-0.1, -0.05) is 0 Å². The summed E-state index contributed by atoms with van der Waals surface area (Å²) in [7, 11) is 0.128. The lowest BCUT2D eigenvalue weighted by atomic mass is 10.2. The quantitative estimate of drug-likeness (QED) is 0.746. The lowest BCUT2D eigenvalue weighted by Gasteiger charge is -2.20. The fourth-order valence-corrected chi connectivity index (χ4v) is 2.84. The molecule has 1 amide bonds. The number of halogens is 3. The van der Waals surface area contributed by atoms with E-state index in [9.17, 15) is 26.4 Å². The van der Waals surface area contributed by atoms with Gasteiger partial charge in [0.2, 0.25) is 15.9 Å². The summed E-state index contributed by atoms with van der Waals surface area (Å²) in [5.74, 6) is -0.616. The van der Waals surface area contributed by atoms with Crippen molar-refractivity contribution < 1.29 is 26.4 Å². The molecule has 0 saturated heterocycles. The number of sulfonamides is 1. The Kier molecular flexibility index (Phi) is 7.39. The van der Waals surface area contributed by atoms with Crippen molar-refractivity contribution in [3.05, 3.63) is 29.8 Å². The van der Waals surface area contributed by atoms with E-state index < -0.39 is 34.2 Å². The van der Waals surface area contributed by atoms with Gasteiger partial charge in [0.1, 0.15) is 0 Å². The number of carbonyl (C=O) groups excluding carboxylic acids is 1. The second-order valence-corrected chi connectivity index (χ2v) is 7.86. The van der Waals surface area contributed by atoms with E-state index in [0.717, 1.165) is 34.8 Å². The first-order valence-electron chi connectivity index (χ1n) is 7.46. The molecule has 0 atom stereocenters. The van der Waals surface area contributed by atoms with Gasteiger partial charge in [0.15, 0.2) is 0 Å². The molecular weight excluding hydrogens is 359 g/mol. The number of hydrogen-bond donors (Lipinski definition) is 1. The van der Waals surface area contributed by atoms with Crippen LogP contribution in [0.4, 0.5) is 18.9 Å².